The zero-order valence-electron chi connectivity index (χ0n) is 14.2. The van der Waals surface area contributed by atoms with Gasteiger partial charge in [-0.05, 0) is 37.9 Å². The molecular weight excluding hydrogens is 286 g/mol. The molecule has 0 radical (unpaired) electrons. The molecule has 23 heavy (non-hydrogen) atoms. The molecule has 0 amide bonds. The first-order valence-corrected chi connectivity index (χ1v) is 8.72. The Balaban J connectivity index is 1.69. The van der Waals surface area contributed by atoms with Gasteiger partial charge in [0.05, 0.1) is 18.3 Å². The van der Waals surface area contributed by atoms with Gasteiger partial charge in [0.1, 0.15) is 5.75 Å². The largest absolute Gasteiger partial charge is 0.497 e. The number of aromatic nitrogens is 1. The monoisotopic (exact) mass is 313 g/mol. The third kappa shape index (κ3) is 3.75. The van der Waals surface area contributed by atoms with Gasteiger partial charge in [0.15, 0.2) is 0 Å². The summed E-state index contributed by atoms with van der Waals surface area (Å²) in [6, 6.07) is 8.87. The van der Waals surface area contributed by atoms with Gasteiger partial charge < -0.3 is 10.1 Å². The number of nitrogens with one attached hydrogen (secondary N) is 1. The SMILES string of the molecule is CCC1CCCCN1CCNc1cc(OC)cc2cccnc12. The summed E-state index contributed by atoms with van der Waals surface area (Å²) in [5.41, 5.74) is 2.07. The van der Waals surface area contributed by atoms with Crippen LogP contribution in [0.2, 0.25) is 0 Å². The molecule has 1 aromatic heterocycles. The smallest absolute Gasteiger partial charge is 0.121 e. The van der Waals surface area contributed by atoms with E-state index in [-0.39, 0.29) is 0 Å². The number of anilines is 1. The molecule has 1 saturated heterocycles. The van der Waals surface area contributed by atoms with Crippen molar-refractivity contribution in [3.63, 3.8) is 0 Å². The van der Waals surface area contributed by atoms with E-state index in [1.54, 1.807) is 7.11 Å². The van der Waals surface area contributed by atoms with E-state index in [2.05, 4.69) is 28.2 Å². The standard InChI is InChI=1S/C19H27N3O/c1-3-16-8-4-5-11-22(16)12-10-20-18-14-17(23-2)13-15-7-6-9-21-19(15)18/h6-7,9,13-14,16,20H,3-5,8,10-12H2,1-2H3. The molecule has 124 valence electrons. The van der Waals surface area contributed by atoms with Gasteiger partial charge in [-0.25, -0.2) is 0 Å². The van der Waals surface area contributed by atoms with E-state index in [1.165, 1.54) is 32.2 Å². The zero-order valence-corrected chi connectivity index (χ0v) is 14.2. The fourth-order valence-electron chi connectivity index (χ4n) is 3.57. The summed E-state index contributed by atoms with van der Waals surface area (Å²) in [7, 11) is 1.71. The van der Waals surface area contributed by atoms with Crippen molar-refractivity contribution in [2.45, 2.75) is 38.6 Å². The van der Waals surface area contributed by atoms with E-state index in [0.717, 1.165) is 41.5 Å². The van der Waals surface area contributed by atoms with Crippen molar-refractivity contribution in [3.05, 3.63) is 30.5 Å². The van der Waals surface area contributed by atoms with Crippen molar-refractivity contribution in [3.8, 4) is 5.75 Å². The van der Waals surface area contributed by atoms with Gasteiger partial charge >= 0.3 is 0 Å². The molecule has 1 aliphatic heterocycles. The lowest BCUT2D eigenvalue weighted by Gasteiger charge is -2.35. The maximum absolute atomic E-state index is 5.42. The maximum Gasteiger partial charge on any atom is 0.121 e. The normalized spacial score (nSPS) is 19.0. The van der Waals surface area contributed by atoms with Crippen LogP contribution in [0.15, 0.2) is 30.5 Å². The summed E-state index contributed by atoms with van der Waals surface area (Å²) in [6.45, 7) is 5.56. The third-order valence-corrected chi connectivity index (χ3v) is 4.85. The third-order valence-electron chi connectivity index (χ3n) is 4.85. The number of ether oxygens (including phenoxy) is 1. The van der Waals surface area contributed by atoms with Gasteiger partial charge in [0.2, 0.25) is 0 Å². The Labute approximate surface area is 138 Å². The van der Waals surface area contributed by atoms with E-state index in [4.69, 9.17) is 4.74 Å². The highest BCUT2D eigenvalue weighted by molar-refractivity contribution is 5.91. The van der Waals surface area contributed by atoms with Crippen molar-refractivity contribution >= 4 is 16.6 Å². The highest BCUT2D eigenvalue weighted by Gasteiger charge is 2.20. The summed E-state index contributed by atoms with van der Waals surface area (Å²) < 4.78 is 5.42. The summed E-state index contributed by atoms with van der Waals surface area (Å²) >= 11 is 0. The van der Waals surface area contributed by atoms with Crippen LogP contribution in [0.25, 0.3) is 10.9 Å². The molecule has 3 rings (SSSR count). The molecule has 2 aromatic rings. The van der Waals surface area contributed by atoms with Gasteiger partial charge in [-0.3, -0.25) is 9.88 Å². The molecule has 4 heteroatoms. The second-order valence-electron chi connectivity index (χ2n) is 6.27. The number of pyridine rings is 1. The van der Waals surface area contributed by atoms with Crippen LogP contribution in [0.4, 0.5) is 5.69 Å². The van der Waals surface area contributed by atoms with E-state index in [9.17, 15) is 0 Å². The fourth-order valence-corrected chi connectivity index (χ4v) is 3.57. The second kappa shape index (κ2) is 7.64. The topological polar surface area (TPSA) is 37.4 Å². The van der Waals surface area contributed by atoms with Crippen molar-refractivity contribution in [2.75, 3.05) is 32.1 Å². The Kier molecular flexibility index (Phi) is 5.34. The molecule has 4 nitrogen and oxygen atoms in total. The molecule has 0 bridgehead atoms. The minimum Gasteiger partial charge on any atom is -0.497 e. The molecule has 0 saturated carbocycles. The van der Waals surface area contributed by atoms with E-state index in [1.807, 2.05) is 24.4 Å². The Morgan fingerprint density at radius 2 is 2.26 bits per heavy atom. The fraction of sp³-hybridized carbons (Fsp3) is 0.526. The first-order valence-electron chi connectivity index (χ1n) is 8.72. The zero-order chi connectivity index (χ0) is 16.1. The lowest BCUT2D eigenvalue weighted by Crippen LogP contribution is -2.41. The number of hydrogen-bond donors (Lipinski definition) is 1. The molecule has 1 atom stereocenters. The van der Waals surface area contributed by atoms with E-state index >= 15 is 0 Å². The van der Waals surface area contributed by atoms with Gasteiger partial charge in [0.25, 0.3) is 0 Å². The molecule has 0 spiro atoms. The number of nitrogens with zero attached hydrogens (tertiary/aromatic N) is 2. The Morgan fingerprint density at radius 3 is 3.09 bits per heavy atom. The lowest BCUT2D eigenvalue weighted by atomic mass is 10.0. The average Bonchev–Trinajstić information content (AvgIpc) is 2.61. The number of benzene rings is 1. The highest BCUT2D eigenvalue weighted by Crippen LogP contribution is 2.27. The lowest BCUT2D eigenvalue weighted by molar-refractivity contribution is 0.150. The van der Waals surface area contributed by atoms with Gasteiger partial charge in [-0.15, -0.1) is 0 Å². The van der Waals surface area contributed by atoms with Gasteiger partial charge in [-0.2, -0.15) is 0 Å². The van der Waals surface area contributed by atoms with Crippen LogP contribution in [0.1, 0.15) is 32.6 Å². The second-order valence-corrected chi connectivity index (χ2v) is 6.27. The van der Waals surface area contributed by atoms with Crippen LogP contribution >= 0.6 is 0 Å². The number of piperidine rings is 1. The quantitative estimate of drug-likeness (QED) is 0.877. The molecule has 0 aliphatic carbocycles. The van der Waals surface area contributed by atoms with Crippen LogP contribution in [0, 0.1) is 0 Å². The van der Waals surface area contributed by atoms with Crippen LogP contribution in [0.5, 0.6) is 5.75 Å². The number of rotatable bonds is 6. The number of fused-ring (bicyclic) bond motifs is 1. The van der Waals surface area contributed by atoms with Crippen LogP contribution in [-0.4, -0.2) is 42.7 Å². The Morgan fingerprint density at radius 1 is 1.35 bits per heavy atom. The summed E-state index contributed by atoms with van der Waals surface area (Å²) in [6.07, 6.45) is 7.16. The molecule has 1 unspecified atom stereocenters. The number of likely N-dealkylation sites (tertiary alicyclic amines) is 1. The molecular formula is C19H27N3O. The first-order chi connectivity index (χ1) is 11.3. The van der Waals surface area contributed by atoms with Gasteiger partial charge in [-0.1, -0.05) is 19.4 Å². The van der Waals surface area contributed by atoms with Crippen molar-refractivity contribution in [1.29, 1.82) is 0 Å². The Hall–Kier alpha value is -1.81. The van der Waals surface area contributed by atoms with Crippen LogP contribution in [0.3, 0.4) is 0 Å². The van der Waals surface area contributed by atoms with Gasteiger partial charge in [0, 0.05) is 36.8 Å². The highest BCUT2D eigenvalue weighted by atomic mass is 16.5. The van der Waals surface area contributed by atoms with E-state index < -0.39 is 0 Å². The number of hydrogen-bond acceptors (Lipinski definition) is 4. The number of methoxy groups -OCH3 is 1. The van der Waals surface area contributed by atoms with Crippen molar-refractivity contribution < 1.29 is 4.74 Å². The summed E-state index contributed by atoms with van der Waals surface area (Å²) in [5.74, 6) is 0.873. The molecule has 1 fully saturated rings. The molecule has 2 heterocycles. The summed E-state index contributed by atoms with van der Waals surface area (Å²) in [5, 5.41) is 4.68. The molecule has 1 N–H and O–H groups in total. The van der Waals surface area contributed by atoms with Crippen LogP contribution < -0.4 is 10.1 Å². The van der Waals surface area contributed by atoms with Crippen molar-refractivity contribution in [2.24, 2.45) is 0 Å². The Bertz CT molecular complexity index is 644. The maximum atomic E-state index is 5.42. The first kappa shape index (κ1) is 16.1. The average molecular weight is 313 g/mol. The minimum atomic E-state index is 0.755. The molecule has 1 aromatic carbocycles. The van der Waals surface area contributed by atoms with Crippen LogP contribution in [-0.2, 0) is 0 Å². The minimum absolute atomic E-state index is 0.755. The predicted molar refractivity (Wildman–Crippen MR) is 96.3 cm³/mol. The van der Waals surface area contributed by atoms with Crippen molar-refractivity contribution in [1.82, 2.24) is 9.88 Å². The van der Waals surface area contributed by atoms with E-state index in [0.29, 0.717) is 0 Å². The predicted octanol–water partition coefficient (Wildman–Crippen LogP) is 3.92. The molecule has 1 aliphatic rings. The summed E-state index contributed by atoms with van der Waals surface area (Å²) in [4.78, 5) is 7.15.